The summed E-state index contributed by atoms with van der Waals surface area (Å²) < 4.78 is 137. The molecule has 3 fully saturated rings. The number of alkyl carbamates (subject to hydrolysis) is 1. The van der Waals surface area contributed by atoms with E-state index in [0.29, 0.717) is 74.9 Å². The molecule has 7 rings (SSSR count). The second-order valence-corrected chi connectivity index (χ2v) is 20.3. The number of halogens is 9. The highest BCUT2D eigenvalue weighted by atomic mass is 19.4. The van der Waals surface area contributed by atoms with Gasteiger partial charge in [0, 0.05) is 25.2 Å². The van der Waals surface area contributed by atoms with Crippen molar-refractivity contribution >= 4 is 12.0 Å². The molecule has 394 valence electrons. The molecule has 0 radical (unpaired) electrons. The fourth-order valence-corrected chi connectivity index (χ4v) is 8.93. The number of carbonyl (C=O) groups is 2. The minimum absolute atomic E-state index is 0.0351. The molecule has 1 aliphatic carbocycles. The third-order valence-electron chi connectivity index (χ3n) is 13.3. The van der Waals surface area contributed by atoms with Crippen molar-refractivity contribution in [2.75, 3.05) is 26.3 Å². The fourth-order valence-electron chi connectivity index (χ4n) is 8.93. The quantitative estimate of drug-likeness (QED) is 0.0836. The number of ether oxygens (including phenoxy) is 3. The van der Waals surface area contributed by atoms with Crippen molar-refractivity contribution in [1.29, 1.82) is 0 Å². The van der Waals surface area contributed by atoms with E-state index in [0.717, 1.165) is 23.3 Å². The van der Waals surface area contributed by atoms with Crippen LogP contribution in [0, 0.1) is 6.92 Å². The van der Waals surface area contributed by atoms with Gasteiger partial charge in [0.2, 0.25) is 5.91 Å². The van der Waals surface area contributed by atoms with Crippen LogP contribution in [0.15, 0.2) is 97.1 Å². The summed E-state index contributed by atoms with van der Waals surface area (Å²) in [6.07, 6.45) is -12.7. The number of nitrogens with one attached hydrogen (secondary N) is 4. The molecule has 6 atom stereocenters. The molecular weight excluding hydrogens is 958 g/mol. The SMILES string of the molecule is C[C@@H](OC[C@@]1(c2ccccc2)CC[C@H](N)CN1)c1cc(C(F)(F)F)cc(C(F)(F)F)c1.Cc1cc([C@@H](C)OC[C@@]2(c3ccccc3)CC[C@H](NC(=O)C3(NC(=O)OC(C)(C)C)CC3)CN2)cc(C(F)(F)F)c1. The molecule has 2 heterocycles. The number of alkyl halides is 9. The van der Waals surface area contributed by atoms with Crippen LogP contribution in [-0.2, 0) is 48.6 Å². The Morgan fingerprint density at radius 1 is 0.653 bits per heavy atom. The number of hydrogen-bond donors (Lipinski definition) is 5. The largest absolute Gasteiger partial charge is 0.444 e. The molecule has 0 unspecified atom stereocenters. The Morgan fingerprint density at radius 2 is 1.10 bits per heavy atom. The Kier molecular flexibility index (Phi) is 17.2. The van der Waals surface area contributed by atoms with Gasteiger partial charge in [-0.25, -0.2) is 4.79 Å². The van der Waals surface area contributed by atoms with Gasteiger partial charge in [0.15, 0.2) is 0 Å². The van der Waals surface area contributed by atoms with Crippen molar-refractivity contribution in [2.45, 2.75) is 145 Å². The molecule has 10 nitrogen and oxygen atoms in total. The fraction of sp³-hybridized carbons (Fsp3) is 0.509. The number of hydrogen-bond acceptors (Lipinski definition) is 8. The Bertz CT molecular complexity index is 2410. The molecule has 2 amide bonds. The Labute approximate surface area is 414 Å². The standard InChI is InChI=1S/C31H40F3N3O4.C22H24F6N2O/c1-20-15-22(17-24(16-20)31(32,33)34)21(2)40-19-30(23-9-7-6-8-10-23)12-11-25(18-35-30)36-26(38)29(13-14-29)37-27(39)41-28(3,4)5;1-14(15-9-17(21(23,24)25)11-18(10-15)22(26,27)28)31-13-20(8-7-19(29)12-30-20)16-5-3-2-4-6-16/h6-10,15-17,21,25,35H,11-14,18-19H2,1-5H3,(H,36,38)(H,37,39);2-6,9-11,14,19,30H,7-8,12-13,29H2,1H3/t21-,25+,30-;14-,19+,20-/m11/s1. The zero-order valence-electron chi connectivity index (χ0n) is 41.1. The van der Waals surface area contributed by atoms with Crippen molar-refractivity contribution in [1.82, 2.24) is 21.3 Å². The monoisotopic (exact) mass is 1020 g/mol. The minimum atomic E-state index is -4.90. The third kappa shape index (κ3) is 14.7. The van der Waals surface area contributed by atoms with Crippen LogP contribution in [0.1, 0.15) is 130 Å². The first-order chi connectivity index (χ1) is 33.5. The van der Waals surface area contributed by atoms with E-state index >= 15 is 0 Å². The molecule has 4 aromatic rings. The van der Waals surface area contributed by atoms with Crippen LogP contribution in [0.5, 0.6) is 0 Å². The maximum absolute atomic E-state index is 13.4. The summed E-state index contributed by atoms with van der Waals surface area (Å²) in [4.78, 5) is 25.4. The zero-order chi connectivity index (χ0) is 52.9. The lowest BCUT2D eigenvalue weighted by molar-refractivity contribution is -0.143. The molecule has 0 spiro atoms. The maximum atomic E-state index is 13.4. The van der Waals surface area contributed by atoms with Crippen molar-refractivity contribution < 1.29 is 63.3 Å². The molecule has 3 aliphatic rings. The van der Waals surface area contributed by atoms with E-state index < -0.39 is 75.7 Å². The number of benzene rings is 4. The zero-order valence-corrected chi connectivity index (χ0v) is 41.1. The Balaban J connectivity index is 0.000000245. The second kappa shape index (κ2) is 22.1. The highest BCUT2D eigenvalue weighted by Gasteiger charge is 2.53. The third-order valence-corrected chi connectivity index (χ3v) is 13.3. The lowest BCUT2D eigenvalue weighted by atomic mass is 9.81. The van der Waals surface area contributed by atoms with Gasteiger partial charge in [0.1, 0.15) is 11.1 Å². The van der Waals surface area contributed by atoms with Gasteiger partial charge < -0.3 is 41.2 Å². The van der Waals surface area contributed by atoms with Gasteiger partial charge in [0.05, 0.1) is 53.2 Å². The van der Waals surface area contributed by atoms with E-state index in [1.165, 1.54) is 6.92 Å². The van der Waals surface area contributed by atoms with Crippen LogP contribution in [0.4, 0.5) is 44.3 Å². The molecule has 6 N–H and O–H groups in total. The molecule has 4 aromatic carbocycles. The minimum Gasteiger partial charge on any atom is -0.444 e. The summed E-state index contributed by atoms with van der Waals surface area (Å²) in [5.41, 5.74) is 2.49. The molecule has 72 heavy (non-hydrogen) atoms. The summed E-state index contributed by atoms with van der Waals surface area (Å²) in [5.74, 6) is -0.229. The van der Waals surface area contributed by atoms with Gasteiger partial charge in [-0.2, -0.15) is 39.5 Å². The summed E-state index contributed by atoms with van der Waals surface area (Å²) >= 11 is 0. The van der Waals surface area contributed by atoms with E-state index in [2.05, 4.69) is 21.3 Å². The van der Waals surface area contributed by atoms with E-state index in [4.69, 9.17) is 19.9 Å². The number of aryl methyl sites for hydroxylation is 1. The normalized spacial score (nSPS) is 23.2. The van der Waals surface area contributed by atoms with Crippen molar-refractivity contribution in [3.63, 3.8) is 0 Å². The number of nitrogens with two attached hydrogens (primary N) is 1. The lowest BCUT2D eigenvalue weighted by Gasteiger charge is -2.42. The predicted molar refractivity (Wildman–Crippen MR) is 253 cm³/mol. The summed E-state index contributed by atoms with van der Waals surface area (Å²) in [6, 6.07) is 24.5. The second-order valence-electron chi connectivity index (χ2n) is 20.3. The molecule has 0 aromatic heterocycles. The van der Waals surface area contributed by atoms with Crippen LogP contribution in [0.25, 0.3) is 0 Å². The van der Waals surface area contributed by atoms with E-state index in [9.17, 15) is 49.1 Å². The smallest absolute Gasteiger partial charge is 0.416 e. The molecule has 1 saturated carbocycles. The van der Waals surface area contributed by atoms with E-state index in [-0.39, 0.29) is 42.8 Å². The van der Waals surface area contributed by atoms with Gasteiger partial charge >= 0.3 is 24.6 Å². The van der Waals surface area contributed by atoms with Gasteiger partial charge in [0.25, 0.3) is 0 Å². The predicted octanol–water partition coefficient (Wildman–Crippen LogP) is 11.3. The van der Waals surface area contributed by atoms with E-state index in [1.807, 2.05) is 60.7 Å². The van der Waals surface area contributed by atoms with Crippen LogP contribution >= 0.6 is 0 Å². The number of piperidine rings is 2. The number of carbonyl (C=O) groups excluding carboxylic acids is 2. The Hall–Kier alpha value is -5.21. The average Bonchev–Trinajstić information content (AvgIpc) is 4.10. The van der Waals surface area contributed by atoms with Gasteiger partial charge in [-0.05, 0) is 133 Å². The van der Waals surface area contributed by atoms with Gasteiger partial charge in [-0.1, -0.05) is 72.3 Å². The van der Waals surface area contributed by atoms with Crippen molar-refractivity contribution in [2.24, 2.45) is 5.73 Å². The van der Waals surface area contributed by atoms with Crippen LogP contribution < -0.4 is 27.0 Å². The molecule has 0 bridgehead atoms. The molecule has 19 heteroatoms. The average molecular weight is 1020 g/mol. The number of rotatable bonds is 13. The van der Waals surface area contributed by atoms with Crippen molar-refractivity contribution in [3.8, 4) is 0 Å². The van der Waals surface area contributed by atoms with Crippen LogP contribution in [0.3, 0.4) is 0 Å². The van der Waals surface area contributed by atoms with Crippen LogP contribution in [0.2, 0.25) is 0 Å². The summed E-state index contributed by atoms with van der Waals surface area (Å²) in [5, 5.41) is 12.8. The molecule has 2 saturated heterocycles. The van der Waals surface area contributed by atoms with E-state index in [1.54, 1.807) is 40.7 Å². The highest BCUT2D eigenvalue weighted by Crippen LogP contribution is 2.41. The molecule has 2 aliphatic heterocycles. The number of amides is 2. The van der Waals surface area contributed by atoms with Gasteiger partial charge in [-0.3, -0.25) is 4.79 Å². The summed E-state index contributed by atoms with van der Waals surface area (Å²) in [7, 11) is 0. The van der Waals surface area contributed by atoms with Gasteiger partial charge in [-0.15, -0.1) is 0 Å². The highest BCUT2D eigenvalue weighted by molar-refractivity contribution is 5.93. The van der Waals surface area contributed by atoms with Crippen LogP contribution in [-0.4, -0.2) is 61.5 Å². The molecular formula is C53H64F9N5O5. The topological polar surface area (TPSA) is 136 Å². The summed E-state index contributed by atoms with van der Waals surface area (Å²) in [6.45, 7) is 11.4. The maximum Gasteiger partial charge on any atom is 0.416 e. The lowest BCUT2D eigenvalue weighted by Crippen LogP contribution is -2.59. The van der Waals surface area contributed by atoms with Crippen molar-refractivity contribution in [3.05, 3.63) is 142 Å². The first-order valence-corrected chi connectivity index (χ1v) is 23.9. The Morgan fingerprint density at radius 3 is 1.50 bits per heavy atom. The first kappa shape index (κ1) is 56.1. The first-order valence-electron chi connectivity index (χ1n) is 23.9.